The van der Waals surface area contributed by atoms with E-state index in [-0.39, 0.29) is 5.92 Å². The van der Waals surface area contributed by atoms with E-state index in [1.807, 2.05) is 58.0 Å². The quantitative estimate of drug-likeness (QED) is 0.541. The van der Waals surface area contributed by atoms with Crippen molar-refractivity contribution >= 4 is 15.7 Å². The summed E-state index contributed by atoms with van der Waals surface area (Å²) in [6, 6.07) is 13.4. The molecule has 3 rings (SSSR count). The minimum absolute atomic E-state index is 0.215. The van der Waals surface area contributed by atoms with Crippen molar-refractivity contribution in [1.82, 2.24) is 4.90 Å². The fraction of sp³-hybridized carbons (Fsp3) is 0.538. The molecule has 5 nitrogen and oxygen atoms in total. The Balaban J connectivity index is 1.73. The van der Waals surface area contributed by atoms with E-state index in [0.29, 0.717) is 17.5 Å². The Bertz CT molecular complexity index is 979. The number of hydrogen-bond donors (Lipinski definition) is 0. The molecule has 1 aliphatic heterocycles. The van der Waals surface area contributed by atoms with Gasteiger partial charge in [-0.3, -0.25) is 4.31 Å². The molecule has 1 heterocycles. The van der Waals surface area contributed by atoms with Crippen LogP contribution >= 0.6 is 0 Å². The number of nitrogens with zero attached hydrogens (tertiary/aromatic N) is 2. The number of anilines is 1. The molecule has 6 heteroatoms. The molecule has 0 aromatic heterocycles. The third kappa shape index (κ3) is 6.12. The van der Waals surface area contributed by atoms with Crippen molar-refractivity contribution in [2.24, 2.45) is 5.92 Å². The highest BCUT2D eigenvalue weighted by molar-refractivity contribution is 7.92. The van der Waals surface area contributed by atoms with Crippen molar-refractivity contribution < 1.29 is 13.2 Å². The molecule has 2 aromatic carbocycles. The molecule has 1 aliphatic rings. The van der Waals surface area contributed by atoms with Crippen LogP contribution in [0.4, 0.5) is 5.69 Å². The van der Waals surface area contributed by atoms with Gasteiger partial charge in [-0.25, -0.2) is 8.42 Å². The molecule has 0 atom stereocenters. The topological polar surface area (TPSA) is 49.9 Å². The smallest absolute Gasteiger partial charge is 0.264 e. The number of aryl methyl sites for hydroxylation is 2. The Morgan fingerprint density at radius 2 is 1.72 bits per heavy atom. The zero-order chi connectivity index (χ0) is 23.3. The van der Waals surface area contributed by atoms with Crippen LogP contribution < -0.4 is 4.31 Å². The van der Waals surface area contributed by atoms with Gasteiger partial charge in [-0.1, -0.05) is 43.7 Å². The number of ether oxygens (including phenoxy) is 1. The Kier molecular flexibility index (Phi) is 8.37. The molecule has 32 heavy (non-hydrogen) atoms. The lowest BCUT2D eigenvalue weighted by atomic mass is 10.1. The van der Waals surface area contributed by atoms with Crippen LogP contribution in [-0.2, 0) is 21.2 Å². The molecule has 0 radical (unpaired) electrons. The number of rotatable bonds is 9. The summed E-state index contributed by atoms with van der Waals surface area (Å²) < 4.78 is 34.2. The van der Waals surface area contributed by atoms with E-state index in [2.05, 4.69) is 4.90 Å². The Morgan fingerprint density at radius 1 is 1.06 bits per heavy atom. The second-order valence-corrected chi connectivity index (χ2v) is 11.3. The van der Waals surface area contributed by atoms with Gasteiger partial charge in [0.2, 0.25) is 0 Å². The van der Waals surface area contributed by atoms with E-state index < -0.39 is 10.0 Å². The van der Waals surface area contributed by atoms with Gasteiger partial charge in [-0.2, -0.15) is 0 Å². The monoisotopic (exact) mass is 458 g/mol. The summed E-state index contributed by atoms with van der Waals surface area (Å²) in [6.07, 6.45) is 3.47. The first kappa shape index (κ1) is 24.7. The van der Waals surface area contributed by atoms with Gasteiger partial charge in [0, 0.05) is 33.3 Å². The second kappa shape index (κ2) is 10.8. The van der Waals surface area contributed by atoms with Crippen LogP contribution in [0.1, 0.15) is 43.4 Å². The minimum Gasteiger partial charge on any atom is -0.381 e. The van der Waals surface area contributed by atoms with Gasteiger partial charge in [0.1, 0.15) is 0 Å². The predicted octanol–water partition coefficient (Wildman–Crippen LogP) is 4.81. The molecule has 0 N–H and O–H groups in total. The molecule has 1 fully saturated rings. The van der Waals surface area contributed by atoms with Crippen LogP contribution in [0.5, 0.6) is 0 Å². The lowest BCUT2D eigenvalue weighted by Gasteiger charge is -2.31. The van der Waals surface area contributed by atoms with Crippen molar-refractivity contribution in [3.63, 3.8) is 0 Å². The van der Waals surface area contributed by atoms with Gasteiger partial charge >= 0.3 is 0 Å². The third-order valence-electron chi connectivity index (χ3n) is 6.25. The largest absolute Gasteiger partial charge is 0.381 e. The van der Waals surface area contributed by atoms with Gasteiger partial charge in [-0.15, -0.1) is 0 Å². The molecule has 0 amide bonds. The van der Waals surface area contributed by atoms with Crippen LogP contribution in [0.15, 0.2) is 47.4 Å². The molecule has 0 unspecified atom stereocenters. The molecular weight excluding hydrogens is 420 g/mol. The Morgan fingerprint density at radius 3 is 2.28 bits per heavy atom. The fourth-order valence-electron chi connectivity index (χ4n) is 4.35. The maximum absolute atomic E-state index is 13.6. The lowest BCUT2D eigenvalue weighted by Crippen LogP contribution is -2.37. The number of likely N-dealkylation sites (tertiary alicyclic amines) is 1. The Labute approximate surface area is 194 Å². The highest BCUT2D eigenvalue weighted by atomic mass is 32.2. The van der Waals surface area contributed by atoms with Crippen LogP contribution in [0.25, 0.3) is 0 Å². The zero-order valence-electron chi connectivity index (χ0n) is 20.2. The summed E-state index contributed by atoms with van der Waals surface area (Å²) in [5, 5.41) is 0. The van der Waals surface area contributed by atoms with Gasteiger partial charge in [0.15, 0.2) is 0 Å². The molecule has 2 aromatic rings. The maximum atomic E-state index is 13.6. The summed E-state index contributed by atoms with van der Waals surface area (Å²) in [5.41, 5.74) is 4.03. The van der Waals surface area contributed by atoms with Gasteiger partial charge in [0.25, 0.3) is 10.0 Å². The zero-order valence-corrected chi connectivity index (χ0v) is 21.0. The third-order valence-corrected chi connectivity index (χ3v) is 8.04. The van der Waals surface area contributed by atoms with Crippen molar-refractivity contribution in [3.05, 3.63) is 59.2 Å². The van der Waals surface area contributed by atoms with E-state index in [1.165, 1.54) is 5.56 Å². The van der Waals surface area contributed by atoms with Crippen LogP contribution in [-0.4, -0.2) is 52.7 Å². The summed E-state index contributed by atoms with van der Waals surface area (Å²) in [4.78, 5) is 2.81. The molecule has 0 spiro atoms. The van der Waals surface area contributed by atoms with Crippen LogP contribution in [0.3, 0.4) is 0 Å². The van der Waals surface area contributed by atoms with Crippen molar-refractivity contribution in [1.29, 1.82) is 0 Å². The van der Waals surface area contributed by atoms with Crippen molar-refractivity contribution in [2.75, 3.05) is 37.6 Å². The number of benzene rings is 2. The fourth-order valence-corrected chi connectivity index (χ4v) is 6.05. The molecule has 1 saturated heterocycles. The summed E-state index contributed by atoms with van der Waals surface area (Å²) >= 11 is 0. The van der Waals surface area contributed by atoms with E-state index in [1.54, 1.807) is 23.5 Å². The lowest BCUT2D eigenvalue weighted by molar-refractivity contribution is 0.0415. The van der Waals surface area contributed by atoms with Crippen molar-refractivity contribution in [2.45, 2.75) is 58.0 Å². The van der Waals surface area contributed by atoms with Gasteiger partial charge in [-0.05, 0) is 68.4 Å². The van der Waals surface area contributed by atoms with E-state index >= 15 is 0 Å². The maximum Gasteiger partial charge on any atom is 0.264 e. The minimum atomic E-state index is -3.64. The van der Waals surface area contributed by atoms with E-state index in [9.17, 15) is 8.42 Å². The average Bonchev–Trinajstić information content (AvgIpc) is 2.77. The Hall–Kier alpha value is -1.89. The second-order valence-electron chi connectivity index (χ2n) is 9.39. The molecule has 0 bridgehead atoms. The molecule has 0 aliphatic carbocycles. The first-order chi connectivity index (χ1) is 15.2. The number of sulfonamides is 1. The number of hydrogen-bond acceptors (Lipinski definition) is 4. The van der Waals surface area contributed by atoms with E-state index in [4.69, 9.17) is 4.74 Å². The standard InChI is InChI=1S/C26H38N2O3S/c1-20(2)19-28(26-11-6-21(3)18-22(26)4)32(29,30)25-9-7-23(8-10-25)12-15-27-16-13-24(31-5)14-17-27/h6-11,18,20,24H,12-17,19H2,1-5H3. The first-order valence-corrected chi connectivity index (χ1v) is 13.1. The van der Waals surface area contributed by atoms with Crippen molar-refractivity contribution in [3.8, 4) is 0 Å². The highest BCUT2D eigenvalue weighted by Gasteiger charge is 2.27. The highest BCUT2D eigenvalue weighted by Crippen LogP contribution is 2.29. The SMILES string of the molecule is COC1CCN(CCc2ccc(S(=O)(=O)N(CC(C)C)c3ccc(C)cc3C)cc2)CC1. The van der Waals surface area contributed by atoms with Crippen LogP contribution in [0.2, 0.25) is 0 Å². The van der Waals surface area contributed by atoms with Gasteiger partial charge in [0.05, 0.1) is 16.7 Å². The van der Waals surface area contributed by atoms with E-state index in [0.717, 1.165) is 55.7 Å². The first-order valence-electron chi connectivity index (χ1n) is 11.6. The molecule has 0 saturated carbocycles. The number of piperidine rings is 1. The van der Waals surface area contributed by atoms with Crippen LogP contribution in [0, 0.1) is 19.8 Å². The summed E-state index contributed by atoms with van der Waals surface area (Å²) in [6.45, 7) is 11.7. The molecule has 176 valence electrons. The predicted molar refractivity (Wildman–Crippen MR) is 132 cm³/mol. The summed E-state index contributed by atoms with van der Waals surface area (Å²) in [5.74, 6) is 0.215. The number of methoxy groups -OCH3 is 1. The average molecular weight is 459 g/mol. The summed E-state index contributed by atoms with van der Waals surface area (Å²) in [7, 11) is -1.85. The normalized spacial score (nSPS) is 15.9. The van der Waals surface area contributed by atoms with Gasteiger partial charge < -0.3 is 9.64 Å². The molecular formula is C26H38N2O3S.